The third kappa shape index (κ3) is 2.26. The lowest BCUT2D eigenvalue weighted by Gasteiger charge is -2.21. The van der Waals surface area contributed by atoms with Gasteiger partial charge in [0, 0.05) is 35.6 Å². The molecule has 3 heterocycles. The van der Waals surface area contributed by atoms with Crippen molar-refractivity contribution in [2.24, 2.45) is 0 Å². The van der Waals surface area contributed by atoms with E-state index in [9.17, 15) is 4.79 Å². The van der Waals surface area contributed by atoms with Gasteiger partial charge in [-0.3, -0.25) is 9.20 Å². The van der Waals surface area contributed by atoms with Gasteiger partial charge in [0.2, 0.25) is 0 Å². The summed E-state index contributed by atoms with van der Waals surface area (Å²) in [6.45, 7) is 1.93. The predicted molar refractivity (Wildman–Crippen MR) is 90.5 cm³/mol. The molecule has 0 spiro atoms. The zero-order valence-electron chi connectivity index (χ0n) is 13.1. The number of carbonyl (C=O) groups is 1. The van der Waals surface area contributed by atoms with E-state index >= 15 is 0 Å². The van der Waals surface area contributed by atoms with Gasteiger partial charge in [-0.25, -0.2) is 4.98 Å². The Labute approximate surface area is 138 Å². The van der Waals surface area contributed by atoms with Crippen molar-refractivity contribution in [3.8, 4) is 17.0 Å². The van der Waals surface area contributed by atoms with Crippen LogP contribution in [-0.2, 0) is 13.0 Å². The fourth-order valence-electron chi connectivity index (χ4n) is 3.12. The number of benzene rings is 1. The van der Waals surface area contributed by atoms with Crippen LogP contribution in [0.4, 0.5) is 0 Å². The summed E-state index contributed by atoms with van der Waals surface area (Å²) in [4.78, 5) is 21.0. The predicted octanol–water partition coefficient (Wildman–Crippen LogP) is 2.87. The average Bonchev–Trinajstić information content (AvgIpc) is 3.09. The van der Waals surface area contributed by atoms with E-state index in [1.165, 1.54) is 10.6 Å². The van der Waals surface area contributed by atoms with Crippen LogP contribution in [0.2, 0.25) is 0 Å². The van der Waals surface area contributed by atoms with Crippen LogP contribution in [0.1, 0.15) is 21.1 Å². The zero-order chi connectivity index (χ0) is 16.0. The second-order valence-corrected chi connectivity index (χ2v) is 6.84. The lowest BCUT2D eigenvalue weighted by Crippen LogP contribution is -2.26. The molecule has 0 radical (unpaired) electrons. The topological polar surface area (TPSA) is 46.8 Å². The molecule has 2 aromatic heterocycles. The molecule has 0 amide bonds. The van der Waals surface area contributed by atoms with Gasteiger partial charge in [0.15, 0.2) is 11.2 Å². The second-order valence-electron chi connectivity index (χ2n) is 5.77. The monoisotopic (exact) mass is 327 g/mol. The molecule has 118 valence electrons. The maximum absolute atomic E-state index is 11.8. The minimum absolute atomic E-state index is 0.635. The lowest BCUT2D eigenvalue weighted by atomic mass is 10.1. The van der Waals surface area contributed by atoms with Crippen molar-refractivity contribution in [1.82, 2.24) is 14.3 Å². The van der Waals surface area contributed by atoms with Gasteiger partial charge >= 0.3 is 0 Å². The Bertz CT molecular complexity index is 897. The van der Waals surface area contributed by atoms with Crippen molar-refractivity contribution in [1.29, 1.82) is 0 Å². The maximum atomic E-state index is 11.8. The Morgan fingerprint density at radius 3 is 3.04 bits per heavy atom. The highest BCUT2D eigenvalue weighted by atomic mass is 32.1. The highest BCUT2D eigenvalue weighted by molar-refractivity contribution is 7.17. The molecule has 0 bridgehead atoms. The molecule has 1 aliphatic rings. The van der Waals surface area contributed by atoms with E-state index in [4.69, 9.17) is 9.72 Å². The summed E-state index contributed by atoms with van der Waals surface area (Å²) in [5.41, 5.74) is 3.50. The first kappa shape index (κ1) is 14.4. The standard InChI is InChI=1S/C17H17N3O2S/c1-19-7-6-13-15(9-19)23-17-18-16(14(10-21)20(13)17)11-4-3-5-12(8-11)22-2/h3-5,8,10H,6-7,9H2,1-2H3. The Kier molecular flexibility index (Phi) is 3.43. The van der Waals surface area contributed by atoms with Crippen LogP contribution in [0.25, 0.3) is 16.2 Å². The first-order valence-corrected chi connectivity index (χ1v) is 8.34. The smallest absolute Gasteiger partial charge is 0.195 e. The number of nitrogens with zero attached hydrogens (tertiary/aromatic N) is 3. The Morgan fingerprint density at radius 2 is 2.26 bits per heavy atom. The first-order chi connectivity index (χ1) is 11.2. The Balaban J connectivity index is 1.91. The molecule has 4 rings (SSSR count). The molecule has 3 aromatic rings. The van der Waals surface area contributed by atoms with Crippen LogP contribution in [0.15, 0.2) is 24.3 Å². The zero-order valence-corrected chi connectivity index (χ0v) is 13.9. The van der Waals surface area contributed by atoms with Crippen LogP contribution < -0.4 is 4.74 Å². The van der Waals surface area contributed by atoms with E-state index in [0.717, 1.165) is 47.8 Å². The summed E-state index contributed by atoms with van der Waals surface area (Å²) >= 11 is 1.68. The molecule has 1 aromatic carbocycles. The third-order valence-electron chi connectivity index (χ3n) is 4.29. The van der Waals surface area contributed by atoms with Crippen molar-refractivity contribution < 1.29 is 9.53 Å². The van der Waals surface area contributed by atoms with Gasteiger partial charge < -0.3 is 9.64 Å². The number of ether oxygens (including phenoxy) is 1. The fourth-order valence-corrected chi connectivity index (χ4v) is 4.38. The van der Waals surface area contributed by atoms with Crippen LogP contribution in [0.5, 0.6) is 5.75 Å². The summed E-state index contributed by atoms with van der Waals surface area (Å²) in [5, 5.41) is 0. The number of fused-ring (bicyclic) bond motifs is 3. The number of methoxy groups -OCH3 is 1. The number of aromatic nitrogens is 2. The van der Waals surface area contributed by atoms with Gasteiger partial charge in [0.05, 0.1) is 7.11 Å². The van der Waals surface area contributed by atoms with Crippen molar-refractivity contribution in [2.75, 3.05) is 20.7 Å². The van der Waals surface area contributed by atoms with Gasteiger partial charge in [0.1, 0.15) is 17.1 Å². The molecule has 0 saturated heterocycles. The maximum Gasteiger partial charge on any atom is 0.195 e. The van der Waals surface area contributed by atoms with Gasteiger partial charge in [-0.05, 0) is 19.2 Å². The SMILES string of the molecule is COc1cccc(-c2nc3sc4c(n3c2C=O)CCN(C)C4)c1. The molecular weight excluding hydrogens is 310 g/mol. The molecule has 1 aliphatic heterocycles. The molecule has 0 N–H and O–H groups in total. The minimum Gasteiger partial charge on any atom is -0.497 e. The van der Waals surface area contributed by atoms with E-state index in [1.54, 1.807) is 18.4 Å². The van der Waals surface area contributed by atoms with Crippen LogP contribution >= 0.6 is 11.3 Å². The van der Waals surface area contributed by atoms with E-state index in [-0.39, 0.29) is 0 Å². The van der Waals surface area contributed by atoms with Crippen LogP contribution in [-0.4, -0.2) is 41.3 Å². The van der Waals surface area contributed by atoms with Crippen LogP contribution in [0, 0.1) is 0 Å². The highest BCUT2D eigenvalue weighted by Crippen LogP contribution is 2.34. The number of hydrogen-bond donors (Lipinski definition) is 0. The molecular formula is C17H17N3O2S. The van der Waals surface area contributed by atoms with Gasteiger partial charge in [0.25, 0.3) is 0 Å². The molecule has 0 atom stereocenters. The summed E-state index contributed by atoms with van der Waals surface area (Å²) in [5.74, 6) is 0.763. The van der Waals surface area contributed by atoms with E-state index < -0.39 is 0 Å². The Morgan fingerprint density at radius 1 is 1.39 bits per heavy atom. The number of thiazole rings is 1. The van der Waals surface area contributed by atoms with Crippen molar-refractivity contribution in [3.05, 3.63) is 40.5 Å². The summed E-state index contributed by atoms with van der Waals surface area (Å²) in [6, 6.07) is 7.68. The lowest BCUT2D eigenvalue weighted by molar-refractivity contribution is 0.111. The van der Waals surface area contributed by atoms with Crippen molar-refractivity contribution in [2.45, 2.75) is 13.0 Å². The number of imidazole rings is 1. The fraction of sp³-hybridized carbons (Fsp3) is 0.294. The number of hydrogen-bond acceptors (Lipinski definition) is 5. The molecule has 0 fully saturated rings. The number of aldehydes is 1. The van der Waals surface area contributed by atoms with Crippen LogP contribution in [0.3, 0.4) is 0 Å². The number of rotatable bonds is 3. The summed E-state index contributed by atoms with van der Waals surface area (Å²) in [7, 11) is 3.76. The van der Waals surface area contributed by atoms with Crippen molar-refractivity contribution >= 4 is 22.6 Å². The summed E-state index contributed by atoms with van der Waals surface area (Å²) < 4.78 is 7.32. The molecule has 6 heteroatoms. The van der Waals surface area contributed by atoms with Crippen molar-refractivity contribution in [3.63, 3.8) is 0 Å². The molecule has 0 unspecified atom stereocenters. The number of likely N-dealkylation sites (N-methyl/N-ethyl adjacent to an activating group) is 1. The molecule has 0 aliphatic carbocycles. The van der Waals surface area contributed by atoms with E-state index in [0.29, 0.717) is 5.69 Å². The quantitative estimate of drug-likeness (QED) is 0.694. The average molecular weight is 327 g/mol. The minimum atomic E-state index is 0.635. The number of carbonyl (C=O) groups excluding carboxylic acids is 1. The van der Waals surface area contributed by atoms with Gasteiger partial charge in [-0.1, -0.05) is 23.5 Å². The van der Waals surface area contributed by atoms with E-state index in [2.05, 4.69) is 11.9 Å². The van der Waals surface area contributed by atoms with Gasteiger partial charge in [-0.15, -0.1) is 0 Å². The second kappa shape index (κ2) is 5.47. The largest absolute Gasteiger partial charge is 0.497 e. The normalized spacial score (nSPS) is 14.9. The third-order valence-corrected chi connectivity index (χ3v) is 5.35. The molecule has 5 nitrogen and oxygen atoms in total. The summed E-state index contributed by atoms with van der Waals surface area (Å²) in [6.07, 6.45) is 1.86. The first-order valence-electron chi connectivity index (χ1n) is 7.52. The molecule has 23 heavy (non-hydrogen) atoms. The molecule has 0 saturated carbocycles. The van der Waals surface area contributed by atoms with Gasteiger partial charge in [-0.2, -0.15) is 0 Å². The Hall–Kier alpha value is -2.18. The highest BCUT2D eigenvalue weighted by Gasteiger charge is 2.24. The van der Waals surface area contributed by atoms with E-state index in [1.807, 2.05) is 28.7 Å².